The van der Waals surface area contributed by atoms with Crippen LogP contribution in [0.5, 0.6) is 0 Å². The summed E-state index contributed by atoms with van der Waals surface area (Å²) in [5, 5.41) is 5.66. The summed E-state index contributed by atoms with van der Waals surface area (Å²) in [4.78, 5) is 11.7. The van der Waals surface area contributed by atoms with E-state index in [1.165, 1.54) is 0 Å². The van der Waals surface area contributed by atoms with E-state index < -0.39 is 5.51 Å². The fourth-order valence-corrected chi connectivity index (χ4v) is 2.32. The highest BCUT2D eigenvalue weighted by atomic mass is 32.2. The van der Waals surface area contributed by atoms with Crippen LogP contribution in [-0.2, 0) is 6.42 Å². The first-order valence-electron chi connectivity index (χ1n) is 5.81. The zero-order chi connectivity index (χ0) is 13.9. The lowest BCUT2D eigenvalue weighted by atomic mass is 10.1. The maximum Gasteiger partial charge on any atom is 0.441 e. The van der Waals surface area contributed by atoms with E-state index >= 15 is 0 Å². The summed E-state index contributed by atoms with van der Waals surface area (Å²) in [6.07, 6.45) is 0.861. The first kappa shape index (κ1) is 14.0. The van der Waals surface area contributed by atoms with Crippen molar-refractivity contribution in [3.63, 3.8) is 0 Å². The zero-order valence-electron chi connectivity index (χ0n) is 10.0. The Morgan fingerprint density at radius 1 is 1.42 bits per heavy atom. The third-order valence-electron chi connectivity index (χ3n) is 2.73. The molecular formula is C12H13F3N2OS. The number of thioether (sulfide) groups is 1. The van der Waals surface area contributed by atoms with Gasteiger partial charge in [0, 0.05) is 30.1 Å². The van der Waals surface area contributed by atoms with Gasteiger partial charge in [0.15, 0.2) is 0 Å². The molecule has 0 saturated carbocycles. The SMILES string of the molecule is O=C(NCCSC(F)(F)F)c1ccc2c(c1)CCN2. The largest absolute Gasteiger partial charge is 0.441 e. The van der Waals surface area contributed by atoms with Crippen LogP contribution in [-0.4, -0.2) is 30.3 Å². The number of halogens is 3. The molecule has 0 bridgehead atoms. The first-order valence-corrected chi connectivity index (χ1v) is 6.80. The van der Waals surface area contributed by atoms with Gasteiger partial charge in [-0.25, -0.2) is 0 Å². The number of nitrogens with one attached hydrogen (secondary N) is 2. The Hall–Kier alpha value is -1.37. The van der Waals surface area contributed by atoms with E-state index in [4.69, 9.17) is 0 Å². The quantitative estimate of drug-likeness (QED) is 0.838. The van der Waals surface area contributed by atoms with Crippen LogP contribution in [0.25, 0.3) is 0 Å². The number of alkyl halides is 3. The summed E-state index contributed by atoms with van der Waals surface area (Å²) in [5.74, 6) is -0.515. The lowest BCUT2D eigenvalue weighted by Gasteiger charge is -2.08. The Bertz CT molecular complexity index is 477. The van der Waals surface area contributed by atoms with Crippen molar-refractivity contribution < 1.29 is 18.0 Å². The number of hydrogen-bond donors (Lipinski definition) is 2. The van der Waals surface area contributed by atoms with Gasteiger partial charge < -0.3 is 10.6 Å². The average molecular weight is 290 g/mol. The number of carbonyl (C=O) groups excluding carboxylic acids is 1. The monoisotopic (exact) mass is 290 g/mol. The minimum atomic E-state index is -4.25. The second kappa shape index (κ2) is 5.73. The molecule has 7 heteroatoms. The Morgan fingerprint density at radius 2 is 2.21 bits per heavy atom. The number of fused-ring (bicyclic) bond motifs is 1. The molecule has 0 fully saturated rings. The number of hydrogen-bond acceptors (Lipinski definition) is 3. The molecule has 2 rings (SSSR count). The van der Waals surface area contributed by atoms with Crippen LogP contribution in [0.1, 0.15) is 15.9 Å². The molecule has 1 aliphatic heterocycles. The van der Waals surface area contributed by atoms with Gasteiger partial charge in [-0.2, -0.15) is 13.2 Å². The second-order valence-electron chi connectivity index (χ2n) is 4.10. The average Bonchev–Trinajstić information content (AvgIpc) is 2.80. The standard InChI is InChI=1S/C12H13F3N2OS/c13-12(14,15)19-6-5-17-11(18)9-1-2-10-8(7-9)3-4-16-10/h1-2,7,16H,3-6H2,(H,17,18). The molecule has 0 radical (unpaired) electrons. The molecule has 0 aromatic heterocycles. The molecule has 0 atom stereocenters. The Kier molecular flexibility index (Phi) is 4.24. The van der Waals surface area contributed by atoms with Crippen molar-refractivity contribution in [1.29, 1.82) is 0 Å². The van der Waals surface area contributed by atoms with Crippen molar-refractivity contribution in [3.05, 3.63) is 29.3 Å². The topological polar surface area (TPSA) is 41.1 Å². The van der Waals surface area contributed by atoms with Crippen molar-refractivity contribution in [2.45, 2.75) is 11.9 Å². The van der Waals surface area contributed by atoms with Gasteiger partial charge in [0.1, 0.15) is 0 Å². The molecule has 3 nitrogen and oxygen atoms in total. The van der Waals surface area contributed by atoms with E-state index in [0.717, 1.165) is 24.2 Å². The molecule has 104 valence electrons. The van der Waals surface area contributed by atoms with Crippen LogP contribution in [0, 0.1) is 0 Å². The number of anilines is 1. The molecule has 1 amide bonds. The summed E-state index contributed by atoms with van der Waals surface area (Å²) >= 11 is -0.134. The fourth-order valence-electron chi connectivity index (χ4n) is 1.88. The van der Waals surface area contributed by atoms with Crippen LogP contribution in [0.4, 0.5) is 18.9 Å². The Balaban J connectivity index is 1.83. The molecule has 1 heterocycles. The molecule has 1 aliphatic rings. The summed E-state index contributed by atoms with van der Waals surface area (Å²) in [5.41, 5.74) is -1.68. The van der Waals surface area contributed by atoms with E-state index in [1.54, 1.807) is 12.1 Å². The normalized spacial score (nSPS) is 13.8. The number of benzene rings is 1. The van der Waals surface area contributed by atoms with Crippen LogP contribution >= 0.6 is 11.8 Å². The molecule has 1 aromatic carbocycles. The molecule has 2 N–H and O–H groups in total. The van der Waals surface area contributed by atoms with Gasteiger partial charge in [-0.05, 0) is 41.9 Å². The number of carbonyl (C=O) groups is 1. The minimum absolute atomic E-state index is 0.00164. The van der Waals surface area contributed by atoms with Gasteiger partial charge in [-0.15, -0.1) is 0 Å². The number of rotatable bonds is 4. The third-order valence-corrected chi connectivity index (χ3v) is 3.47. The van der Waals surface area contributed by atoms with Crippen molar-refractivity contribution in [2.24, 2.45) is 0 Å². The van der Waals surface area contributed by atoms with Gasteiger partial charge in [0.2, 0.25) is 0 Å². The molecule has 19 heavy (non-hydrogen) atoms. The lowest BCUT2D eigenvalue weighted by molar-refractivity contribution is -0.0327. The van der Waals surface area contributed by atoms with E-state index in [-0.39, 0.29) is 30.0 Å². The van der Waals surface area contributed by atoms with Gasteiger partial charge in [-0.1, -0.05) is 0 Å². The molecule has 0 unspecified atom stereocenters. The highest BCUT2D eigenvalue weighted by Gasteiger charge is 2.27. The Morgan fingerprint density at radius 3 is 2.95 bits per heavy atom. The van der Waals surface area contributed by atoms with E-state index in [1.807, 2.05) is 6.07 Å². The van der Waals surface area contributed by atoms with Crippen molar-refractivity contribution >= 4 is 23.4 Å². The fraction of sp³-hybridized carbons (Fsp3) is 0.417. The van der Waals surface area contributed by atoms with Crippen LogP contribution in [0.3, 0.4) is 0 Å². The van der Waals surface area contributed by atoms with Crippen LogP contribution in [0.2, 0.25) is 0 Å². The van der Waals surface area contributed by atoms with E-state index in [0.29, 0.717) is 5.56 Å². The summed E-state index contributed by atoms with van der Waals surface area (Å²) in [7, 11) is 0. The number of amides is 1. The lowest BCUT2D eigenvalue weighted by Crippen LogP contribution is -2.26. The van der Waals surface area contributed by atoms with Gasteiger partial charge in [0.25, 0.3) is 5.91 Å². The Labute approximate surface area is 112 Å². The van der Waals surface area contributed by atoms with Gasteiger partial charge in [0.05, 0.1) is 0 Å². The predicted molar refractivity (Wildman–Crippen MR) is 69.5 cm³/mol. The van der Waals surface area contributed by atoms with Crippen molar-refractivity contribution in [1.82, 2.24) is 5.32 Å². The van der Waals surface area contributed by atoms with Gasteiger partial charge >= 0.3 is 5.51 Å². The molecule has 1 aromatic rings. The van der Waals surface area contributed by atoms with Crippen molar-refractivity contribution in [2.75, 3.05) is 24.2 Å². The third kappa shape index (κ3) is 4.05. The summed E-state index contributed by atoms with van der Waals surface area (Å²) in [6, 6.07) is 5.27. The highest BCUT2D eigenvalue weighted by molar-refractivity contribution is 8.00. The maximum atomic E-state index is 11.9. The minimum Gasteiger partial charge on any atom is -0.384 e. The summed E-state index contributed by atoms with van der Waals surface area (Å²) < 4.78 is 35.7. The summed E-state index contributed by atoms with van der Waals surface area (Å²) in [6.45, 7) is 0.848. The second-order valence-corrected chi connectivity index (χ2v) is 5.26. The molecular weight excluding hydrogens is 277 g/mol. The first-order chi connectivity index (χ1) is 8.96. The highest BCUT2D eigenvalue weighted by Crippen LogP contribution is 2.29. The molecule has 0 saturated heterocycles. The predicted octanol–water partition coefficient (Wildman–Crippen LogP) is 2.64. The van der Waals surface area contributed by atoms with Gasteiger partial charge in [-0.3, -0.25) is 4.79 Å². The van der Waals surface area contributed by atoms with Crippen LogP contribution < -0.4 is 10.6 Å². The van der Waals surface area contributed by atoms with Crippen LogP contribution in [0.15, 0.2) is 18.2 Å². The molecule has 0 spiro atoms. The van der Waals surface area contributed by atoms with E-state index in [2.05, 4.69) is 10.6 Å². The molecule has 0 aliphatic carbocycles. The smallest absolute Gasteiger partial charge is 0.384 e. The zero-order valence-corrected chi connectivity index (χ0v) is 10.8. The van der Waals surface area contributed by atoms with Crippen molar-refractivity contribution in [3.8, 4) is 0 Å². The van der Waals surface area contributed by atoms with E-state index in [9.17, 15) is 18.0 Å². The maximum absolute atomic E-state index is 11.9.